The van der Waals surface area contributed by atoms with Gasteiger partial charge in [0.05, 0.1) is 24.4 Å². The summed E-state index contributed by atoms with van der Waals surface area (Å²) >= 11 is 0. The van der Waals surface area contributed by atoms with E-state index in [1.54, 1.807) is 0 Å². The number of aliphatic hydroxyl groups is 2. The van der Waals surface area contributed by atoms with Crippen LogP contribution in [0.15, 0.2) is 11.6 Å². The molecule has 0 spiro atoms. The lowest BCUT2D eigenvalue weighted by atomic mass is 9.99. The number of hydrogen-bond donors (Lipinski definition) is 2. The first-order chi connectivity index (χ1) is 19.9. The smallest absolute Gasteiger partial charge is 0.334 e. The predicted molar refractivity (Wildman–Crippen MR) is 166 cm³/mol. The number of cyclic esters (lactones) is 1. The zero-order chi connectivity index (χ0) is 29.7. The third-order valence-corrected chi connectivity index (χ3v) is 8.90. The molecule has 5 atom stereocenters. The molecule has 1 saturated heterocycles. The van der Waals surface area contributed by atoms with Crippen molar-refractivity contribution in [3.05, 3.63) is 11.6 Å². The van der Waals surface area contributed by atoms with Gasteiger partial charge in [0.1, 0.15) is 11.9 Å². The summed E-state index contributed by atoms with van der Waals surface area (Å²) in [6, 6.07) is 0. The van der Waals surface area contributed by atoms with Crippen molar-refractivity contribution in [3.8, 4) is 0 Å². The van der Waals surface area contributed by atoms with Gasteiger partial charge in [0.15, 0.2) is 0 Å². The lowest BCUT2D eigenvalue weighted by molar-refractivity contribution is -0.139. The summed E-state index contributed by atoms with van der Waals surface area (Å²) in [6.45, 7) is 4.14. The highest BCUT2D eigenvalue weighted by atomic mass is 16.5. The monoisotopic (exact) mass is 578 g/mol. The molecule has 2 heterocycles. The summed E-state index contributed by atoms with van der Waals surface area (Å²) in [5.41, 5.74) is 0.814. The Bertz CT molecular complexity index is 734. The molecular weight excluding hydrogens is 516 g/mol. The van der Waals surface area contributed by atoms with E-state index >= 15 is 0 Å². The maximum Gasteiger partial charge on any atom is 0.334 e. The molecule has 0 aromatic carbocycles. The molecule has 0 unspecified atom stereocenters. The van der Waals surface area contributed by atoms with E-state index in [-0.39, 0.29) is 24.3 Å². The molecule has 6 heteroatoms. The van der Waals surface area contributed by atoms with Crippen LogP contribution in [0.2, 0.25) is 0 Å². The number of carbonyl (C=O) groups excluding carboxylic acids is 2. The molecule has 41 heavy (non-hydrogen) atoms. The Morgan fingerprint density at radius 2 is 1.22 bits per heavy atom. The predicted octanol–water partition coefficient (Wildman–Crippen LogP) is 8.30. The molecule has 0 aliphatic carbocycles. The largest absolute Gasteiger partial charge is 0.455 e. The summed E-state index contributed by atoms with van der Waals surface area (Å²) in [5.74, 6) is 0.156. The van der Waals surface area contributed by atoms with Crippen molar-refractivity contribution >= 4 is 11.8 Å². The molecule has 0 bridgehead atoms. The first-order valence-corrected chi connectivity index (χ1v) is 17.4. The number of hydrogen-bond acceptors (Lipinski definition) is 6. The van der Waals surface area contributed by atoms with Crippen molar-refractivity contribution in [2.45, 2.75) is 198 Å². The van der Waals surface area contributed by atoms with Crippen molar-refractivity contribution in [2.75, 3.05) is 0 Å². The molecule has 0 radical (unpaired) electrons. The van der Waals surface area contributed by atoms with Crippen LogP contribution in [0, 0.1) is 0 Å². The Labute approximate surface area is 251 Å². The van der Waals surface area contributed by atoms with Crippen molar-refractivity contribution in [2.24, 2.45) is 0 Å². The van der Waals surface area contributed by atoms with Crippen LogP contribution in [-0.2, 0) is 19.1 Å². The number of unbranched alkanes of at least 4 members (excludes halogenated alkanes) is 14. The number of esters is 1. The molecule has 0 saturated carbocycles. The van der Waals surface area contributed by atoms with Crippen LogP contribution in [0.3, 0.4) is 0 Å². The molecule has 2 aliphatic heterocycles. The number of ketones is 1. The fourth-order valence-corrected chi connectivity index (χ4v) is 6.25. The van der Waals surface area contributed by atoms with Gasteiger partial charge in [-0.25, -0.2) is 4.79 Å². The Balaban J connectivity index is 1.39. The summed E-state index contributed by atoms with van der Waals surface area (Å²) in [5, 5.41) is 21.2. The number of Topliss-reactive ketones (excluding diaryl/α,β-unsaturated/α-hetero) is 1. The van der Waals surface area contributed by atoms with Gasteiger partial charge in [0.25, 0.3) is 0 Å². The van der Waals surface area contributed by atoms with Crippen molar-refractivity contribution in [3.63, 3.8) is 0 Å². The van der Waals surface area contributed by atoms with Gasteiger partial charge >= 0.3 is 5.97 Å². The van der Waals surface area contributed by atoms with Crippen molar-refractivity contribution in [1.29, 1.82) is 0 Å². The Hall–Kier alpha value is -1.24. The first kappa shape index (κ1) is 36.0. The van der Waals surface area contributed by atoms with Crippen LogP contribution in [0.5, 0.6) is 0 Å². The highest BCUT2D eigenvalue weighted by Crippen LogP contribution is 2.28. The van der Waals surface area contributed by atoms with Gasteiger partial charge in [-0.2, -0.15) is 0 Å². The van der Waals surface area contributed by atoms with E-state index in [2.05, 4.69) is 6.92 Å². The molecule has 1 fully saturated rings. The van der Waals surface area contributed by atoms with E-state index in [1.165, 1.54) is 57.8 Å². The van der Waals surface area contributed by atoms with Gasteiger partial charge in [-0.15, -0.1) is 0 Å². The van der Waals surface area contributed by atoms with Crippen LogP contribution in [0.25, 0.3) is 0 Å². The van der Waals surface area contributed by atoms with Gasteiger partial charge in [0.2, 0.25) is 0 Å². The molecule has 6 nitrogen and oxygen atoms in total. The van der Waals surface area contributed by atoms with E-state index < -0.39 is 12.2 Å². The SMILES string of the molecule is CCCCCCCCCCCC[C@@H](O)[C@H]1CC[C@H]([C@H](O)CCCCC(=O)CCCCCCCC2=C[C@@H](C)OC2=O)O1. The molecule has 2 rings (SSSR count). The number of rotatable bonds is 26. The molecule has 238 valence electrons. The Morgan fingerprint density at radius 1 is 0.756 bits per heavy atom. The van der Waals surface area contributed by atoms with E-state index in [1.807, 2.05) is 13.0 Å². The lowest BCUT2D eigenvalue weighted by Gasteiger charge is -2.22. The third kappa shape index (κ3) is 16.3. The lowest BCUT2D eigenvalue weighted by Crippen LogP contribution is -2.31. The average molecular weight is 579 g/mol. The first-order valence-electron chi connectivity index (χ1n) is 17.4. The second-order valence-corrected chi connectivity index (χ2v) is 12.8. The molecule has 0 aromatic rings. The van der Waals surface area contributed by atoms with Crippen LogP contribution < -0.4 is 0 Å². The second kappa shape index (κ2) is 22.3. The Kier molecular flexibility index (Phi) is 19.6. The van der Waals surface area contributed by atoms with Crippen molar-refractivity contribution < 1.29 is 29.3 Å². The standard InChI is InChI=1S/C35H62O6/c1-3-4-5-6-7-8-9-10-14-17-23-31(37)33-25-26-34(41-33)32(38)24-19-18-22-30(36)21-16-13-11-12-15-20-29-27-28(2)40-35(29)39/h27-28,31-34,37-38H,3-26H2,1-2H3/t28-,31-,32-,33-,34-/m1/s1. The van der Waals surface area contributed by atoms with Gasteiger partial charge in [0, 0.05) is 18.4 Å². The summed E-state index contributed by atoms with van der Waals surface area (Å²) in [7, 11) is 0. The molecular formula is C35H62O6. The number of ether oxygens (including phenoxy) is 2. The minimum Gasteiger partial charge on any atom is -0.455 e. The maximum absolute atomic E-state index is 12.2. The molecule has 0 aromatic heterocycles. The van der Waals surface area contributed by atoms with Gasteiger partial charge in [-0.3, -0.25) is 4.79 Å². The number of carbonyl (C=O) groups is 2. The topological polar surface area (TPSA) is 93.1 Å². The van der Waals surface area contributed by atoms with Crippen LogP contribution in [-0.4, -0.2) is 52.5 Å². The second-order valence-electron chi connectivity index (χ2n) is 12.8. The van der Waals surface area contributed by atoms with E-state index in [9.17, 15) is 19.8 Å². The molecule has 0 amide bonds. The zero-order valence-corrected chi connectivity index (χ0v) is 26.5. The molecule has 2 N–H and O–H groups in total. The highest BCUT2D eigenvalue weighted by Gasteiger charge is 2.34. The Morgan fingerprint density at radius 3 is 1.76 bits per heavy atom. The highest BCUT2D eigenvalue weighted by molar-refractivity contribution is 5.90. The molecule has 2 aliphatic rings. The van der Waals surface area contributed by atoms with Crippen LogP contribution in [0.1, 0.15) is 168 Å². The van der Waals surface area contributed by atoms with Crippen molar-refractivity contribution in [1.82, 2.24) is 0 Å². The normalized spacial score (nSPS) is 22.1. The zero-order valence-electron chi connectivity index (χ0n) is 26.5. The van der Waals surface area contributed by atoms with Gasteiger partial charge < -0.3 is 19.7 Å². The minimum absolute atomic E-state index is 0.0851. The van der Waals surface area contributed by atoms with E-state index in [4.69, 9.17) is 9.47 Å². The third-order valence-electron chi connectivity index (χ3n) is 8.90. The van der Waals surface area contributed by atoms with Gasteiger partial charge in [-0.1, -0.05) is 96.8 Å². The fourth-order valence-electron chi connectivity index (χ4n) is 6.25. The minimum atomic E-state index is -0.510. The summed E-state index contributed by atoms with van der Waals surface area (Å²) < 4.78 is 11.2. The maximum atomic E-state index is 12.2. The van der Waals surface area contributed by atoms with Crippen LogP contribution in [0.4, 0.5) is 0 Å². The quantitative estimate of drug-likeness (QED) is 0.0792. The number of aliphatic hydroxyl groups excluding tert-OH is 2. The summed E-state index contributed by atoms with van der Waals surface area (Å²) in [4.78, 5) is 23.8. The van der Waals surface area contributed by atoms with E-state index in [0.717, 1.165) is 82.6 Å². The van der Waals surface area contributed by atoms with Crippen LogP contribution >= 0.6 is 0 Å². The van der Waals surface area contributed by atoms with Gasteiger partial charge in [-0.05, 0) is 64.4 Å². The average Bonchev–Trinajstić information content (AvgIpc) is 3.57. The van der Waals surface area contributed by atoms with E-state index in [0.29, 0.717) is 25.0 Å². The summed E-state index contributed by atoms with van der Waals surface area (Å²) in [6.07, 6.45) is 25.4. The fraction of sp³-hybridized carbons (Fsp3) is 0.886.